The van der Waals surface area contributed by atoms with Crippen LogP contribution in [0, 0.1) is 12.8 Å². The van der Waals surface area contributed by atoms with Crippen molar-refractivity contribution in [3.8, 4) is 0 Å². The van der Waals surface area contributed by atoms with Crippen molar-refractivity contribution in [2.75, 3.05) is 18.4 Å². The quantitative estimate of drug-likeness (QED) is 0.936. The van der Waals surface area contributed by atoms with E-state index in [0.29, 0.717) is 24.1 Å². The highest BCUT2D eigenvalue weighted by molar-refractivity contribution is 5.92. The van der Waals surface area contributed by atoms with Crippen LogP contribution in [0.15, 0.2) is 30.6 Å². The average molecular weight is 325 g/mol. The van der Waals surface area contributed by atoms with Crippen LogP contribution in [0.2, 0.25) is 0 Å². The molecule has 3 heterocycles. The molecule has 1 N–H and O–H groups in total. The van der Waals surface area contributed by atoms with E-state index in [9.17, 15) is 4.79 Å². The highest BCUT2D eigenvalue weighted by Gasteiger charge is 2.23. The maximum atomic E-state index is 12.7. The zero-order valence-corrected chi connectivity index (χ0v) is 14.2. The first kappa shape index (κ1) is 16.4. The highest BCUT2D eigenvalue weighted by Crippen LogP contribution is 2.18. The van der Waals surface area contributed by atoms with Gasteiger partial charge in [-0.05, 0) is 49.4 Å². The fraction of sp³-hybridized carbons (Fsp3) is 0.444. The van der Waals surface area contributed by atoms with E-state index in [-0.39, 0.29) is 5.91 Å². The van der Waals surface area contributed by atoms with E-state index in [1.807, 2.05) is 24.0 Å². The first-order valence-corrected chi connectivity index (χ1v) is 8.39. The van der Waals surface area contributed by atoms with Crippen LogP contribution in [0.5, 0.6) is 0 Å². The van der Waals surface area contributed by atoms with Crippen LogP contribution in [0.4, 0.5) is 5.95 Å². The Hall–Kier alpha value is -2.50. The Balaban J connectivity index is 1.70. The topological polar surface area (TPSA) is 71.0 Å². The maximum absolute atomic E-state index is 12.7. The maximum Gasteiger partial charge on any atom is 0.272 e. The monoisotopic (exact) mass is 325 g/mol. The van der Waals surface area contributed by atoms with Crippen LogP contribution < -0.4 is 5.32 Å². The zero-order valence-electron chi connectivity index (χ0n) is 14.2. The molecular formula is C18H23N5O. The van der Waals surface area contributed by atoms with Gasteiger partial charge in [0, 0.05) is 37.7 Å². The Bertz CT molecular complexity index is 696. The van der Waals surface area contributed by atoms with Crippen LogP contribution in [0.25, 0.3) is 0 Å². The third-order valence-electron chi connectivity index (χ3n) is 4.34. The van der Waals surface area contributed by atoms with Crippen molar-refractivity contribution in [2.24, 2.45) is 5.92 Å². The SMILES string of the molecule is Cc1cc(C(=O)N2CCC(C)CC2)nc(NCc2ccncc2)n1. The molecule has 1 aliphatic heterocycles. The summed E-state index contributed by atoms with van der Waals surface area (Å²) < 4.78 is 0. The number of carbonyl (C=O) groups is 1. The molecule has 1 saturated heterocycles. The molecule has 0 bridgehead atoms. The number of hydrogen-bond donors (Lipinski definition) is 1. The van der Waals surface area contributed by atoms with E-state index in [1.54, 1.807) is 18.5 Å². The summed E-state index contributed by atoms with van der Waals surface area (Å²) in [7, 11) is 0. The Morgan fingerprint density at radius 2 is 1.96 bits per heavy atom. The van der Waals surface area contributed by atoms with Gasteiger partial charge in [0.05, 0.1) is 0 Å². The van der Waals surface area contributed by atoms with Gasteiger partial charge in [0.2, 0.25) is 5.95 Å². The summed E-state index contributed by atoms with van der Waals surface area (Å²) in [6.45, 7) is 6.33. The molecule has 126 valence electrons. The van der Waals surface area contributed by atoms with E-state index in [2.05, 4.69) is 27.2 Å². The molecule has 0 unspecified atom stereocenters. The summed E-state index contributed by atoms with van der Waals surface area (Å²) in [6.07, 6.45) is 5.62. The fourth-order valence-corrected chi connectivity index (χ4v) is 2.81. The van der Waals surface area contributed by atoms with Crippen molar-refractivity contribution in [1.29, 1.82) is 0 Å². The minimum atomic E-state index is -0.000592. The van der Waals surface area contributed by atoms with Crippen LogP contribution in [-0.4, -0.2) is 38.8 Å². The molecule has 6 heteroatoms. The third kappa shape index (κ3) is 4.07. The molecule has 0 aromatic carbocycles. The Morgan fingerprint density at radius 1 is 1.25 bits per heavy atom. The molecule has 6 nitrogen and oxygen atoms in total. The number of nitrogens with one attached hydrogen (secondary N) is 1. The number of aromatic nitrogens is 3. The third-order valence-corrected chi connectivity index (χ3v) is 4.34. The molecule has 0 atom stereocenters. The summed E-state index contributed by atoms with van der Waals surface area (Å²) in [5.74, 6) is 1.18. The standard InChI is InChI=1S/C18H23N5O/c1-13-5-9-23(10-6-13)17(24)16-11-14(2)21-18(22-16)20-12-15-3-7-19-8-4-15/h3-4,7-8,11,13H,5-6,9-10,12H2,1-2H3,(H,20,21,22). The predicted octanol–water partition coefficient (Wildman–Crippen LogP) is 2.66. The summed E-state index contributed by atoms with van der Waals surface area (Å²) in [5, 5.41) is 3.19. The second-order valence-corrected chi connectivity index (χ2v) is 6.40. The van der Waals surface area contributed by atoms with E-state index in [0.717, 1.165) is 37.2 Å². The number of piperidine rings is 1. The number of nitrogens with zero attached hydrogens (tertiary/aromatic N) is 4. The van der Waals surface area contributed by atoms with Gasteiger partial charge in [-0.1, -0.05) is 6.92 Å². The average Bonchev–Trinajstić information content (AvgIpc) is 2.60. The van der Waals surface area contributed by atoms with Crippen molar-refractivity contribution in [1.82, 2.24) is 19.9 Å². The number of pyridine rings is 1. The van der Waals surface area contributed by atoms with Crippen LogP contribution in [-0.2, 0) is 6.54 Å². The van der Waals surface area contributed by atoms with Crippen molar-refractivity contribution >= 4 is 11.9 Å². The van der Waals surface area contributed by atoms with Gasteiger partial charge in [-0.3, -0.25) is 9.78 Å². The van der Waals surface area contributed by atoms with E-state index in [4.69, 9.17) is 0 Å². The largest absolute Gasteiger partial charge is 0.350 e. The molecule has 2 aromatic heterocycles. The van der Waals surface area contributed by atoms with Crippen molar-refractivity contribution in [2.45, 2.75) is 33.2 Å². The number of anilines is 1. The number of likely N-dealkylation sites (tertiary alicyclic amines) is 1. The minimum absolute atomic E-state index is 0.000592. The van der Waals surface area contributed by atoms with E-state index in [1.165, 1.54) is 0 Å². The molecule has 0 aliphatic carbocycles. The second kappa shape index (κ2) is 7.38. The molecule has 24 heavy (non-hydrogen) atoms. The smallest absolute Gasteiger partial charge is 0.272 e. The van der Waals surface area contributed by atoms with E-state index < -0.39 is 0 Å². The molecule has 0 saturated carbocycles. The van der Waals surface area contributed by atoms with Gasteiger partial charge < -0.3 is 10.2 Å². The molecule has 1 aliphatic rings. The van der Waals surface area contributed by atoms with Gasteiger partial charge in [0.25, 0.3) is 5.91 Å². The molecule has 0 radical (unpaired) electrons. The van der Waals surface area contributed by atoms with Crippen LogP contribution in [0.3, 0.4) is 0 Å². The minimum Gasteiger partial charge on any atom is -0.350 e. The Kier molecular flexibility index (Phi) is 5.03. The normalized spacial score (nSPS) is 15.3. The summed E-state index contributed by atoms with van der Waals surface area (Å²) in [5.41, 5.74) is 2.35. The first-order valence-electron chi connectivity index (χ1n) is 8.39. The summed E-state index contributed by atoms with van der Waals surface area (Å²) in [6, 6.07) is 5.63. The number of amides is 1. The molecule has 3 rings (SSSR count). The lowest BCUT2D eigenvalue weighted by Crippen LogP contribution is -2.38. The fourth-order valence-electron chi connectivity index (χ4n) is 2.81. The number of hydrogen-bond acceptors (Lipinski definition) is 5. The summed E-state index contributed by atoms with van der Waals surface area (Å²) >= 11 is 0. The van der Waals surface area contributed by atoms with Gasteiger partial charge >= 0.3 is 0 Å². The molecule has 1 amide bonds. The highest BCUT2D eigenvalue weighted by atomic mass is 16.2. The van der Waals surface area contributed by atoms with Crippen molar-refractivity contribution in [3.63, 3.8) is 0 Å². The van der Waals surface area contributed by atoms with Gasteiger partial charge in [-0.2, -0.15) is 0 Å². The predicted molar refractivity (Wildman–Crippen MR) is 92.6 cm³/mol. The Labute approximate surface area is 142 Å². The molecule has 1 fully saturated rings. The van der Waals surface area contributed by atoms with E-state index >= 15 is 0 Å². The van der Waals surface area contributed by atoms with Crippen LogP contribution in [0.1, 0.15) is 41.5 Å². The van der Waals surface area contributed by atoms with Gasteiger partial charge in [-0.25, -0.2) is 9.97 Å². The Morgan fingerprint density at radius 3 is 2.67 bits per heavy atom. The van der Waals surface area contributed by atoms with Gasteiger partial charge in [-0.15, -0.1) is 0 Å². The molecule has 0 spiro atoms. The second-order valence-electron chi connectivity index (χ2n) is 6.40. The van der Waals surface area contributed by atoms with Gasteiger partial charge in [0.15, 0.2) is 0 Å². The van der Waals surface area contributed by atoms with Crippen molar-refractivity contribution in [3.05, 3.63) is 47.5 Å². The number of carbonyl (C=O) groups excluding carboxylic acids is 1. The van der Waals surface area contributed by atoms with Crippen LogP contribution >= 0.6 is 0 Å². The first-order chi connectivity index (χ1) is 11.6. The van der Waals surface area contributed by atoms with Crippen molar-refractivity contribution < 1.29 is 4.79 Å². The molecule has 2 aromatic rings. The lowest BCUT2D eigenvalue weighted by molar-refractivity contribution is 0.0691. The number of rotatable bonds is 4. The lowest BCUT2D eigenvalue weighted by atomic mass is 9.99. The zero-order chi connectivity index (χ0) is 16.9. The van der Waals surface area contributed by atoms with Gasteiger partial charge in [0.1, 0.15) is 5.69 Å². The number of aryl methyl sites for hydroxylation is 1. The summed E-state index contributed by atoms with van der Waals surface area (Å²) in [4.78, 5) is 27.4. The lowest BCUT2D eigenvalue weighted by Gasteiger charge is -2.30. The molecular weight excluding hydrogens is 302 g/mol.